The Morgan fingerprint density at radius 3 is 2.42 bits per heavy atom. The molecule has 0 aliphatic heterocycles. The smallest absolute Gasteiger partial charge is 0.0456 e. The lowest BCUT2D eigenvalue weighted by Crippen LogP contribution is -2.05. The van der Waals surface area contributed by atoms with E-state index in [1.165, 1.54) is 27.6 Å². The standard InChI is InChI=1S/C29H26ClN3/c30-24-5-3-4-22(19-24)18-23(28-20-32-29-7-2-1-6-27(28)29)11-8-21-9-12-25(13-10-21)33-26-14-16-31-17-15-26/h1-7,9-10,12-17,19-20,23,32H,8,11,18H2,(H,31,33). The number of fused-ring (bicyclic) bond motifs is 1. The van der Waals surface area contributed by atoms with Crippen molar-refractivity contribution in [2.75, 3.05) is 5.32 Å². The second-order valence-corrected chi connectivity index (χ2v) is 8.85. The first-order valence-electron chi connectivity index (χ1n) is 11.3. The lowest BCUT2D eigenvalue weighted by atomic mass is 9.87. The summed E-state index contributed by atoms with van der Waals surface area (Å²) in [5.74, 6) is 0.397. The van der Waals surface area contributed by atoms with E-state index < -0.39 is 0 Å². The quantitative estimate of drug-likeness (QED) is 0.251. The molecule has 0 spiro atoms. The molecule has 5 rings (SSSR count). The molecular formula is C29H26ClN3. The molecule has 33 heavy (non-hydrogen) atoms. The van der Waals surface area contributed by atoms with E-state index in [2.05, 4.69) is 82.1 Å². The van der Waals surface area contributed by atoms with Crippen LogP contribution in [0.2, 0.25) is 5.02 Å². The van der Waals surface area contributed by atoms with E-state index in [1.54, 1.807) is 12.4 Å². The number of anilines is 2. The second-order valence-electron chi connectivity index (χ2n) is 8.42. The van der Waals surface area contributed by atoms with Crippen molar-refractivity contribution in [1.29, 1.82) is 0 Å². The average Bonchev–Trinajstić information content (AvgIpc) is 3.28. The molecule has 5 aromatic rings. The van der Waals surface area contributed by atoms with Crippen molar-refractivity contribution < 1.29 is 0 Å². The molecular weight excluding hydrogens is 426 g/mol. The van der Waals surface area contributed by atoms with Gasteiger partial charge in [-0.25, -0.2) is 0 Å². The average molecular weight is 452 g/mol. The number of pyridine rings is 1. The summed E-state index contributed by atoms with van der Waals surface area (Å²) in [5, 5.41) is 5.52. The van der Waals surface area contributed by atoms with E-state index in [1.807, 2.05) is 24.3 Å². The summed E-state index contributed by atoms with van der Waals surface area (Å²) in [6, 6.07) is 29.5. The summed E-state index contributed by atoms with van der Waals surface area (Å²) in [5.41, 5.74) is 7.30. The third-order valence-corrected chi connectivity index (χ3v) is 6.37. The Balaban J connectivity index is 1.34. The highest BCUT2D eigenvalue weighted by molar-refractivity contribution is 6.30. The van der Waals surface area contributed by atoms with Crippen LogP contribution in [0.25, 0.3) is 10.9 Å². The SMILES string of the molecule is Clc1cccc(CC(CCc2ccc(Nc3ccncc3)cc2)c2c[nH]c3ccccc23)c1. The first kappa shape index (κ1) is 21.3. The molecule has 164 valence electrons. The molecule has 2 heterocycles. The lowest BCUT2D eigenvalue weighted by molar-refractivity contribution is 0.625. The Kier molecular flexibility index (Phi) is 6.41. The molecule has 3 nitrogen and oxygen atoms in total. The van der Waals surface area contributed by atoms with Gasteiger partial charge in [-0.15, -0.1) is 0 Å². The molecule has 2 aromatic heterocycles. The number of nitrogens with zero attached hydrogens (tertiary/aromatic N) is 1. The summed E-state index contributed by atoms with van der Waals surface area (Å²) in [4.78, 5) is 7.52. The molecule has 0 fully saturated rings. The van der Waals surface area contributed by atoms with Crippen LogP contribution in [0.15, 0.2) is 104 Å². The monoisotopic (exact) mass is 451 g/mol. The molecule has 0 aliphatic rings. The van der Waals surface area contributed by atoms with Gasteiger partial charge in [-0.1, -0.05) is 54.1 Å². The number of aryl methyl sites for hydroxylation is 1. The number of halogens is 1. The van der Waals surface area contributed by atoms with Crippen molar-refractivity contribution in [3.63, 3.8) is 0 Å². The fourth-order valence-corrected chi connectivity index (χ4v) is 4.66. The molecule has 0 amide bonds. The van der Waals surface area contributed by atoms with Gasteiger partial charge in [-0.05, 0) is 84.3 Å². The summed E-state index contributed by atoms with van der Waals surface area (Å²) >= 11 is 6.28. The van der Waals surface area contributed by atoms with Crippen molar-refractivity contribution in [3.8, 4) is 0 Å². The number of hydrogen-bond donors (Lipinski definition) is 2. The normalized spacial score (nSPS) is 12.0. The van der Waals surface area contributed by atoms with Crippen molar-refractivity contribution in [2.24, 2.45) is 0 Å². The van der Waals surface area contributed by atoms with Crippen molar-refractivity contribution in [1.82, 2.24) is 9.97 Å². The third-order valence-electron chi connectivity index (χ3n) is 6.14. The third kappa shape index (κ3) is 5.27. The molecule has 0 saturated carbocycles. The number of rotatable bonds is 8. The fourth-order valence-electron chi connectivity index (χ4n) is 4.45. The van der Waals surface area contributed by atoms with Gasteiger partial charge >= 0.3 is 0 Å². The van der Waals surface area contributed by atoms with E-state index in [9.17, 15) is 0 Å². The largest absolute Gasteiger partial charge is 0.361 e. The summed E-state index contributed by atoms with van der Waals surface area (Å²) < 4.78 is 0. The Bertz CT molecular complexity index is 1330. The van der Waals surface area contributed by atoms with Gasteiger partial charge in [0.15, 0.2) is 0 Å². The molecule has 4 heteroatoms. The van der Waals surface area contributed by atoms with Gasteiger partial charge in [0.05, 0.1) is 0 Å². The fraction of sp³-hybridized carbons (Fsp3) is 0.138. The molecule has 0 saturated heterocycles. The van der Waals surface area contributed by atoms with Crippen molar-refractivity contribution >= 4 is 33.9 Å². The van der Waals surface area contributed by atoms with E-state index in [0.29, 0.717) is 5.92 Å². The van der Waals surface area contributed by atoms with Gasteiger partial charge in [0.2, 0.25) is 0 Å². The van der Waals surface area contributed by atoms with E-state index in [0.717, 1.165) is 35.7 Å². The number of hydrogen-bond acceptors (Lipinski definition) is 2. The number of nitrogens with one attached hydrogen (secondary N) is 2. The maximum Gasteiger partial charge on any atom is 0.0456 e. The van der Waals surface area contributed by atoms with E-state index >= 15 is 0 Å². The maximum absolute atomic E-state index is 6.28. The van der Waals surface area contributed by atoms with E-state index in [4.69, 9.17) is 11.6 Å². The molecule has 3 aromatic carbocycles. The van der Waals surface area contributed by atoms with Crippen LogP contribution in [-0.4, -0.2) is 9.97 Å². The zero-order valence-corrected chi connectivity index (χ0v) is 19.1. The summed E-state index contributed by atoms with van der Waals surface area (Å²) in [6.45, 7) is 0. The first-order chi connectivity index (χ1) is 16.2. The van der Waals surface area contributed by atoms with Gasteiger partial charge in [0.25, 0.3) is 0 Å². The lowest BCUT2D eigenvalue weighted by Gasteiger charge is -2.18. The number of benzene rings is 3. The Hall–Kier alpha value is -3.56. The van der Waals surface area contributed by atoms with Crippen LogP contribution in [0.4, 0.5) is 11.4 Å². The van der Waals surface area contributed by atoms with Gasteiger partial charge in [-0.2, -0.15) is 0 Å². The topological polar surface area (TPSA) is 40.7 Å². The highest BCUT2D eigenvalue weighted by Crippen LogP contribution is 2.32. The van der Waals surface area contributed by atoms with Crippen molar-refractivity contribution in [2.45, 2.75) is 25.2 Å². The van der Waals surface area contributed by atoms with Crippen LogP contribution >= 0.6 is 11.6 Å². The number of H-pyrrole nitrogens is 1. The second kappa shape index (κ2) is 9.93. The first-order valence-corrected chi connectivity index (χ1v) is 11.7. The Labute approximate surface area is 199 Å². The van der Waals surface area contributed by atoms with E-state index in [-0.39, 0.29) is 0 Å². The minimum Gasteiger partial charge on any atom is -0.361 e. The van der Waals surface area contributed by atoms with Crippen LogP contribution < -0.4 is 5.32 Å². The molecule has 0 bridgehead atoms. The molecule has 1 unspecified atom stereocenters. The maximum atomic E-state index is 6.28. The number of aromatic amines is 1. The van der Waals surface area contributed by atoms with Crippen LogP contribution in [0.5, 0.6) is 0 Å². The van der Waals surface area contributed by atoms with Crippen LogP contribution in [0.1, 0.15) is 29.0 Å². The van der Waals surface area contributed by atoms with Gasteiger partial charge < -0.3 is 10.3 Å². The van der Waals surface area contributed by atoms with Crippen molar-refractivity contribution in [3.05, 3.63) is 125 Å². The minimum absolute atomic E-state index is 0.397. The van der Waals surface area contributed by atoms with Crippen LogP contribution in [0.3, 0.4) is 0 Å². The number of aromatic nitrogens is 2. The molecule has 2 N–H and O–H groups in total. The molecule has 1 atom stereocenters. The van der Waals surface area contributed by atoms with Crippen LogP contribution in [0, 0.1) is 0 Å². The van der Waals surface area contributed by atoms with Gasteiger partial charge in [0, 0.05) is 45.9 Å². The summed E-state index contributed by atoms with van der Waals surface area (Å²) in [7, 11) is 0. The van der Waals surface area contributed by atoms with Gasteiger partial charge in [-0.3, -0.25) is 4.98 Å². The predicted octanol–water partition coefficient (Wildman–Crippen LogP) is 7.92. The molecule has 0 aliphatic carbocycles. The number of para-hydroxylation sites is 1. The Morgan fingerprint density at radius 1 is 0.818 bits per heavy atom. The zero-order chi connectivity index (χ0) is 22.5. The minimum atomic E-state index is 0.397. The molecule has 0 radical (unpaired) electrons. The Morgan fingerprint density at radius 2 is 1.61 bits per heavy atom. The van der Waals surface area contributed by atoms with Crippen LogP contribution in [-0.2, 0) is 12.8 Å². The zero-order valence-electron chi connectivity index (χ0n) is 18.3. The highest BCUT2D eigenvalue weighted by atomic mass is 35.5. The predicted molar refractivity (Wildman–Crippen MR) is 138 cm³/mol. The highest BCUT2D eigenvalue weighted by Gasteiger charge is 2.17. The van der Waals surface area contributed by atoms with Gasteiger partial charge in [0.1, 0.15) is 0 Å². The summed E-state index contributed by atoms with van der Waals surface area (Å²) in [6.07, 6.45) is 8.81.